The van der Waals surface area contributed by atoms with Crippen LogP contribution < -0.4 is 5.32 Å². The highest BCUT2D eigenvalue weighted by molar-refractivity contribution is 7.07. The number of aromatic nitrogens is 3. The second-order valence-electron chi connectivity index (χ2n) is 6.99. The number of piperidine rings is 1. The van der Waals surface area contributed by atoms with Crippen LogP contribution in [0.2, 0.25) is 0 Å². The van der Waals surface area contributed by atoms with Gasteiger partial charge in [0.1, 0.15) is 0 Å². The number of nitrogens with one attached hydrogen (secondary N) is 1. The maximum atomic E-state index is 12.8. The largest absolute Gasteiger partial charge is 0.332 e. The van der Waals surface area contributed by atoms with E-state index in [-0.39, 0.29) is 30.3 Å². The van der Waals surface area contributed by atoms with E-state index in [9.17, 15) is 9.59 Å². The lowest BCUT2D eigenvalue weighted by Crippen LogP contribution is -2.47. The summed E-state index contributed by atoms with van der Waals surface area (Å²) in [6.45, 7) is 2.21. The molecule has 3 saturated heterocycles. The number of hydrogen-bond acceptors (Lipinski definition) is 6. The van der Waals surface area contributed by atoms with Gasteiger partial charge in [-0.05, 0) is 12.8 Å². The maximum Gasteiger partial charge on any atom is 0.239 e. The fourth-order valence-corrected chi connectivity index (χ4v) is 4.37. The molecule has 3 aliphatic rings. The van der Waals surface area contributed by atoms with E-state index in [2.05, 4.69) is 20.3 Å². The first-order chi connectivity index (χ1) is 12.6. The smallest absolute Gasteiger partial charge is 0.239 e. The molecule has 9 heteroatoms. The number of fused-ring (bicyclic) bond motifs is 4. The lowest BCUT2D eigenvalue weighted by molar-refractivity contribution is -0.140. The van der Waals surface area contributed by atoms with Crippen molar-refractivity contribution in [2.75, 3.05) is 25.0 Å². The van der Waals surface area contributed by atoms with Gasteiger partial charge in [-0.25, -0.2) is 4.98 Å². The number of carbonyl (C=O) groups excluding carboxylic acids is 2. The summed E-state index contributed by atoms with van der Waals surface area (Å²) in [5, 5.41) is 8.98. The van der Waals surface area contributed by atoms with Gasteiger partial charge in [0.15, 0.2) is 5.82 Å². The molecule has 0 spiro atoms. The Morgan fingerprint density at radius 1 is 1.38 bits per heavy atom. The third-order valence-corrected chi connectivity index (χ3v) is 5.67. The van der Waals surface area contributed by atoms with Crippen molar-refractivity contribution in [3.63, 3.8) is 0 Å². The van der Waals surface area contributed by atoms with Gasteiger partial charge in [0.25, 0.3) is 0 Å². The summed E-state index contributed by atoms with van der Waals surface area (Å²) in [6, 6.07) is 1.91. The Hall–Kier alpha value is -2.26. The molecular weight excluding hydrogens is 352 g/mol. The molecule has 2 bridgehead atoms. The number of thiazole rings is 1. The van der Waals surface area contributed by atoms with Crippen molar-refractivity contribution in [1.29, 1.82) is 0 Å². The number of amides is 2. The Morgan fingerprint density at radius 2 is 2.27 bits per heavy atom. The minimum atomic E-state index is -0.0940. The van der Waals surface area contributed by atoms with Gasteiger partial charge in [-0.1, -0.05) is 0 Å². The van der Waals surface area contributed by atoms with E-state index in [4.69, 9.17) is 0 Å². The maximum absolute atomic E-state index is 12.8. The first-order valence-corrected chi connectivity index (χ1v) is 9.72. The molecule has 0 aromatic carbocycles. The van der Waals surface area contributed by atoms with Crippen molar-refractivity contribution >= 4 is 29.0 Å². The molecule has 138 valence electrons. The van der Waals surface area contributed by atoms with Crippen LogP contribution in [0.3, 0.4) is 0 Å². The van der Waals surface area contributed by atoms with Crippen LogP contribution in [0.4, 0.5) is 5.82 Å². The number of carbonyl (C=O) groups is 2. The minimum Gasteiger partial charge on any atom is -0.332 e. The molecule has 3 fully saturated rings. The summed E-state index contributed by atoms with van der Waals surface area (Å²) in [5.74, 6) is 0.622. The molecule has 1 N–H and O–H groups in total. The van der Waals surface area contributed by atoms with Crippen LogP contribution in [0.1, 0.15) is 18.5 Å². The highest BCUT2D eigenvalue weighted by Gasteiger charge is 2.41. The van der Waals surface area contributed by atoms with Crippen molar-refractivity contribution in [2.45, 2.75) is 25.4 Å². The molecule has 0 radical (unpaired) electrons. The fraction of sp³-hybridized carbons (Fsp3) is 0.529. The summed E-state index contributed by atoms with van der Waals surface area (Å²) >= 11 is 1.55. The van der Waals surface area contributed by atoms with Gasteiger partial charge in [-0.3, -0.25) is 19.2 Å². The zero-order valence-corrected chi connectivity index (χ0v) is 15.5. The molecule has 5 rings (SSSR count). The predicted octanol–water partition coefficient (Wildman–Crippen LogP) is 0.938. The average molecular weight is 374 g/mol. The number of nitrogens with zero attached hydrogens (tertiary/aromatic N) is 5. The van der Waals surface area contributed by atoms with E-state index < -0.39 is 0 Å². The van der Waals surface area contributed by atoms with Crippen LogP contribution in [0.15, 0.2) is 23.2 Å². The number of aryl methyl sites for hydroxylation is 1. The predicted molar refractivity (Wildman–Crippen MR) is 97.5 cm³/mol. The van der Waals surface area contributed by atoms with Crippen molar-refractivity contribution in [3.8, 4) is 0 Å². The average Bonchev–Trinajstić information content (AvgIpc) is 3.18. The van der Waals surface area contributed by atoms with E-state index in [1.54, 1.807) is 33.8 Å². The Kier molecular flexibility index (Phi) is 4.73. The van der Waals surface area contributed by atoms with Gasteiger partial charge >= 0.3 is 0 Å². The molecule has 0 aliphatic carbocycles. The van der Waals surface area contributed by atoms with Crippen LogP contribution in [-0.2, 0) is 23.2 Å². The lowest BCUT2D eigenvalue weighted by atomic mass is 9.94. The summed E-state index contributed by atoms with van der Waals surface area (Å²) < 4.78 is 1.65. The van der Waals surface area contributed by atoms with Gasteiger partial charge in [0.05, 0.1) is 30.2 Å². The summed E-state index contributed by atoms with van der Waals surface area (Å²) in [7, 11) is 1.81. The second kappa shape index (κ2) is 7.16. The molecule has 8 nitrogen and oxygen atoms in total. The van der Waals surface area contributed by atoms with Crippen LogP contribution in [-0.4, -0.2) is 62.1 Å². The molecule has 2 aromatic rings. The number of anilines is 1. The Morgan fingerprint density at radius 3 is 3.00 bits per heavy atom. The summed E-state index contributed by atoms with van der Waals surface area (Å²) in [6.07, 6.45) is 3.67. The molecular formula is C17H22N6O2S. The second-order valence-corrected chi connectivity index (χ2v) is 7.71. The topological polar surface area (TPSA) is 83.4 Å². The van der Waals surface area contributed by atoms with E-state index in [0.29, 0.717) is 18.9 Å². The van der Waals surface area contributed by atoms with E-state index in [1.165, 1.54) is 0 Å². The number of hydrogen-bond donors (Lipinski definition) is 1. The van der Waals surface area contributed by atoms with Crippen molar-refractivity contribution in [2.24, 2.45) is 13.0 Å². The molecule has 2 atom stereocenters. The quantitative estimate of drug-likeness (QED) is 0.842. The van der Waals surface area contributed by atoms with E-state index in [0.717, 1.165) is 25.1 Å². The van der Waals surface area contributed by atoms with Crippen molar-refractivity contribution < 1.29 is 9.59 Å². The van der Waals surface area contributed by atoms with Crippen LogP contribution >= 0.6 is 11.3 Å². The molecule has 5 heterocycles. The van der Waals surface area contributed by atoms with Gasteiger partial charge in [0, 0.05) is 43.8 Å². The van der Waals surface area contributed by atoms with Crippen LogP contribution in [0.25, 0.3) is 0 Å². The first kappa shape index (κ1) is 17.2. The standard InChI is InChI=1S/C17H22N6O2S/c1-21-5-4-15(20-21)19-16(24)9-22-6-12-2-3-14(8-22)23(17(12)25)7-13-10-26-11-18-13/h4-5,10-12,14H,2-3,6-9H2,1H3,(H,19,20,24)/t12-,14+/m0/s1. The Bertz CT molecular complexity index is 789. The van der Waals surface area contributed by atoms with E-state index >= 15 is 0 Å². The first-order valence-electron chi connectivity index (χ1n) is 8.78. The normalized spacial score (nSPS) is 23.3. The molecule has 0 saturated carbocycles. The zero-order valence-electron chi connectivity index (χ0n) is 14.7. The zero-order chi connectivity index (χ0) is 18.1. The highest BCUT2D eigenvalue weighted by Crippen LogP contribution is 2.30. The van der Waals surface area contributed by atoms with Gasteiger partial charge in [-0.15, -0.1) is 11.3 Å². The minimum absolute atomic E-state index is 0.0324. The fourth-order valence-electron chi connectivity index (χ4n) is 3.82. The Labute approximate surface area is 155 Å². The van der Waals surface area contributed by atoms with Crippen LogP contribution in [0, 0.1) is 5.92 Å². The summed E-state index contributed by atoms with van der Waals surface area (Å²) in [5.41, 5.74) is 2.74. The van der Waals surface area contributed by atoms with E-state index in [1.807, 2.05) is 17.3 Å². The van der Waals surface area contributed by atoms with Gasteiger partial charge in [-0.2, -0.15) is 5.10 Å². The highest BCUT2D eigenvalue weighted by atomic mass is 32.1. The third-order valence-electron chi connectivity index (χ3n) is 5.03. The van der Waals surface area contributed by atoms with Gasteiger partial charge in [0.2, 0.25) is 11.8 Å². The molecule has 2 amide bonds. The monoisotopic (exact) mass is 374 g/mol. The SMILES string of the molecule is Cn1ccc(NC(=O)CN2C[C@@H]3CC[C@H](C2)N(Cc2cscn2)C3=O)n1. The van der Waals surface area contributed by atoms with Crippen molar-refractivity contribution in [3.05, 3.63) is 28.8 Å². The molecule has 26 heavy (non-hydrogen) atoms. The third kappa shape index (κ3) is 3.63. The van der Waals surface area contributed by atoms with Crippen molar-refractivity contribution in [1.82, 2.24) is 24.6 Å². The molecule has 2 aromatic heterocycles. The molecule has 0 unspecified atom stereocenters. The Balaban J connectivity index is 1.40. The van der Waals surface area contributed by atoms with Crippen LogP contribution in [0.5, 0.6) is 0 Å². The van der Waals surface area contributed by atoms with Gasteiger partial charge < -0.3 is 10.2 Å². The molecule has 3 aliphatic heterocycles. The lowest BCUT2D eigenvalue weighted by Gasteiger charge is -2.35. The number of rotatable bonds is 5. The summed E-state index contributed by atoms with van der Waals surface area (Å²) in [4.78, 5) is 33.5.